The van der Waals surface area contributed by atoms with Gasteiger partial charge in [0, 0.05) is 30.7 Å². The van der Waals surface area contributed by atoms with Gasteiger partial charge in [-0.15, -0.1) is 0 Å². The van der Waals surface area contributed by atoms with Crippen molar-refractivity contribution in [3.05, 3.63) is 22.3 Å². The van der Waals surface area contributed by atoms with Crippen molar-refractivity contribution in [2.75, 3.05) is 0 Å². The molecule has 2 heterocycles. The number of halogens is 1. The van der Waals surface area contributed by atoms with Crippen molar-refractivity contribution in [2.45, 2.75) is 26.6 Å². The highest BCUT2D eigenvalue weighted by molar-refractivity contribution is 9.10. The van der Waals surface area contributed by atoms with Gasteiger partial charge in [0.25, 0.3) is 5.79 Å². The molecule has 0 unspecified atom stereocenters. The van der Waals surface area contributed by atoms with Crippen LogP contribution in [0, 0.1) is 12.8 Å². The first-order valence-electron chi connectivity index (χ1n) is 5.90. The number of rotatable bonds is 2. The average Bonchev–Trinajstić information content (AvgIpc) is 2.31. The van der Waals surface area contributed by atoms with Crippen molar-refractivity contribution >= 4 is 39.9 Å². The van der Waals surface area contributed by atoms with E-state index >= 15 is 0 Å². The van der Waals surface area contributed by atoms with Crippen LogP contribution in [0.1, 0.15) is 19.4 Å². The summed E-state index contributed by atoms with van der Waals surface area (Å²) in [4.78, 5) is 31.5. The number of carbonyl (C=O) groups excluding carboxylic acids is 2. The van der Waals surface area contributed by atoms with Crippen LogP contribution in [0.15, 0.2) is 21.7 Å². The minimum absolute atomic E-state index is 0.399. The van der Waals surface area contributed by atoms with Gasteiger partial charge >= 0.3 is 11.9 Å². The molecule has 0 spiro atoms. The fourth-order valence-corrected chi connectivity index (χ4v) is 1.81. The van der Waals surface area contributed by atoms with E-state index in [2.05, 4.69) is 25.9 Å². The molecule has 1 aromatic rings. The van der Waals surface area contributed by atoms with Gasteiger partial charge in [-0.2, -0.15) is 0 Å². The standard InChI is InChI=1S/C13H13BrN2O4/c1-7-4-10(16-6-9(7)14)15-5-8-11(17)19-13(2,3)20-12(8)18/h4-6,8H,1-3H3. The van der Waals surface area contributed by atoms with Gasteiger partial charge in [-0.25, -0.2) is 9.98 Å². The van der Waals surface area contributed by atoms with Crippen molar-refractivity contribution < 1.29 is 19.1 Å². The fraction of sp³-hybridized carbons (Fsp3) is 0.385. The van der Waals surface area contributed by atoms with Gasteiger partial charge in [-0.05, 0) is 34.5 Å². The summed E-state index contributed by atoms with van der Waals surface area (Å²) in [5.41, 5.74) is 0.946. The Morgan fingerprint density at radius 2 is 1.95 bits per heavy atom. The van der Waals surface area contributed by atoms with E-state index in [1.54, 1.807) is 12.3 Å². The molecule has 6 nitrogen and oxygen atoms in total. The molecule has 20 heavy (non-hydrogen) atoms. The zero-order chi connectivity index (χ0) is 14.9. The summed E-state index contributed by atoms with van der Waals surface area (Å²) in [5.74, 6) is -3.34. The van der Waals surface area contributed by atoms with Crippen LogP contribution in [0.25, 0.3) is 0 Å². The highest BCUT2D eigenvalue weighted by atomic mass is 79.9. The van der Waals surface area contributed by atoms with Gasteiger partial charge in [-0.1, -0.05) is 0 Å². The zero-order valence-corrected chi connectivity index (χ0v) is 12.8. The number of ether oxygens (including phenoxy) is 2. The quantitative estimate of drug-likeness (QED) is 0.469. The van der Waals surface area contributed by atoms with Crippen LogP contribution in [0.4, 0.5) is 5.82 Å². The Kier molecular flexibility index (Phi) is 3.89. The van der Waals surface area contributed by atoms with Crippen LogP contribution in [-0.4, -0.2) is 28.9 Å². The van der Waals surface area contributed by atoms with Gasteiger partial charge in [0.1, 0.15) is 0 Å². The number of cyclic esters (lactones) is 2. The Morgan fingerprint density at radius 1 is 1.35 bits per heavy atom. The number of hydrogen-bond donors (Lipinski definition) is 0. The molecule has 0 saturated carbocycles. The van der Waals surface area contributed by atoms with Crippen LogP contribution in [0.5, 0.6) is 0 Å². The van der Waals surface area contributed by atoms with E-state index in [1.807, 2.05) is 6.92 Å². The fourth-order valence-electron chi connectivity index (χ4n) is 1.60. The molecule has 1 aliphatic rings. The van der Waals surface area contributed by atoms with Crippen molar-refractivity contribution in [1.82, 2.24) is 4.98 Å². The number of aliphatic imine (C=N–C) groups is 1. The number of esters is 2. The lowest BCUT2D eigenvalue weighted by Crippen LogP contribution is -2.46. The van der Waals surface area contributed by atoms with Crippen molar-refractivity contribution in [3.8, 4) is 0 Å². The number of aryl methyl sites for hydroxylation is 1. The van der Waals surface area contributed by atoms with Gasteiger partial charge in [0.05, 0.1) is 0 Å². The molecule has 106 valence electrons. The topological polar surface area (TPSA) is 77.9 Å². The second-order valence-corrected chi connectivity index (χ2v) is 5.64. The van der Waals surface area contributed by atoms with E-state index in [1.165, 1.54) is 20.1 Å². The molecule has 1 aliphatic heterocycles. The number of carbonyl (C=O) groups is 2. The molecule has 2 rings (SSSR count). The smallest absolute Gasteiger partial charge is 0.329 e. The molecule has 0 aromatic carbocycles. The predicted molar refractivity (Wildman–Crippen MR) is 74.6 cm³/mol. The first kappa shape index (κ1) is 14.6. The normalized spacial score (nSPS) is 19.0. The maximum absolute atomic E-state index is 11.7. The molecule has 1 aromatic heterocycles. The van der Waals surface area contributed by atoms with Crippen molar-refractivity contribution in [1.29, 1.82) is 0 Å². The molecule has 1 fully saturated rings. The van der Waals surface area contributed by atoms with Gasteiger partial charge in [0.15, 0.2) is 11.7 Å². The third-order valence-electron chi connectivity index (χ3n) is 2.59. The van der Waals surface area contributed by atoms with E-state index in [0.717, 1.165) is 10.0 Å². The number of hydrogen-bond acceptors (Lipinski definition) is 6. The number of nitrogens with zero attached hydrogens (tertiary/aromatic N) is 2. The zero-order valence-electron chi connectivity index (χ0n) is 11.2. The summed E-state index contributed by atoms with van der Waals surface area (Å²) in [5, 5.41) is 0. The van der Waals surface area contributed by atoms with E-state index in [4.69, 9.17) is 9.47 Å². The molecule has 0 aliphatic carbocycles. The molecule has 0 N–H and O–H groups in total. The second-order valence-electron chi connectivity index (χ2n) is 4.79. The molecular weight excluding hydrogens is 328 g/mol. The molecule has 0 amide bonds. The third-order valence-corrected chi connectivity index (χ3v) is 3.42. The SMILES string of the molecule is Cc1cc(N=CC2C(=O)OC(C)(C)OC2=O)ncc1Br. The van der Waals surface area contributed by atoms with Gasteiger partial charge in [0.2, 0.25) is 0 Å². The highest BCUT2D eigenvalue weighted by Crippen LogP contribution is 2.23. The monoisotopic (exact) mass is 340 g/mol. The van der Waals surface area contributed by atoms with Crippen LogP contribution in [0.2, 0.25) is 0 Å². The second kappa shape index (κ2) is 5.32. The minimum Gasteiger partial charge on any atom is -0.422 e. The average molecular weight is 341 g/mol. The maximum atomic E-state index is 11.7. The Morgan fingerprint density at radius 3 is 2.50 bits per heavy atom. The summed E-state index contributed by atoms with van der Waals surface area (Å²) in [7, 11) is 0. The lowest BCUT2D eigenvalue weighted by Gasteiger charge is -2.31. The summed E-state index contributed by atoms with van der Waals surface area (Å²) < 4.78 is 10.8. The van der Waals surface area contributed by atoms with Gasteiger partial charge in [-0.3, -0.25) is 9.59 Å². The Bertz CT molecular complexity index is 578. The van der Waals surface area contributed by atoms with E-state index in [-0.39, 0.29) is 0 Å². The number of pyridine rings is 1. The largest absolute Gasteiger partial charge is 0.422 e. The molecule has 7 heteroatoms. The molecule has 0 atom stereocenters. The van der Waals surface area contributed by atoms with E-state index < -0.39 is 23.6 Å². The lowest BCUT2D eigenvalue weighted by molar-refractivity contribution is -0.235. The van der Waals surface area contributed by atoms with Crippen LogP contribution >= 0.6 is 15.9 Å². The maximum Gasteiger partial charge on any atom is 0.329 e. The van der Waals surface area contributed by atoms with Crippen LogP contribution in [-0.2, 0) is 19.1 Å². The highest BCUT2D eigenvalue weighted by Gasteiger charge is 2.42. The first-order chi connectivity index (χ1) is 9.28. The third kappa shape index (κ3) is 3.22. The van der Waals surface area contributed by atoms with Crippen LogP contribution < -0.4 is 0 Å². The van der Waals surface area contributed by atoms with Crippen molar-refractivity contribution in [3.63, 3.8) is 0 Å². The summed E-state index contributed by atoms with van der Waals surface area (Å²) in [6.07, 6.45) is 2.79. The molecular formula is C13H13BrN2O4. The number of aromatic nitrogens is 1. The molecule has 0 radical (unpaired) electrons. The van der Waals surface area contributed by atoms with Gasteiger partial charge < -0.3 is 9.47 Å². The summed E-state index contributed by atoms with van der Waals surface area (Å²) in [6, 6.07) is 1.73. The van der Waals surface area contributed by atoms with Crippen LogP contribution in [0.3, 0.4) is 0 Å². The Balaban J connectivity index is 2.16. The minimum atomic E-state index is -1.23. The van der Waals surface area contributed by atoms with Crippen molar-refractivity contribution in [2.24, 2.45) is 10.9 Å². The Labute approximate surface area is 124 Å². The van der Waals surface area contributed by atoms with E-state index in [0.29, 0.717) is 5.82 Å². The Hall–Kier alpha value is -1.76. The lowest BCUT2D eigenvalue weighted by atomic mass is 10.1. The summed E-state index contributed by atoms with van der Waals surface area (Å²) in [6.45, 7) is 4.88. The molecule has 0 bridgehead atoms. The predicted octanol–water partition coefficient (Wildman–Crippen LogP) is 2.31. The first-order valence-corrected chi connectivity index (χ1v) is 6.70. The summed E-state index contributed by atoms with van der Waals surface area (Å²) >= 11 is 3.33. The van der Waals surface area contributed by atoms with E-state index in [9.17, 15) is 9.59 Å². The molecule has 1 saturated heterocycles.